The maximum absolute atomic E-state index is 4.45. The molecule has 1 aromatic heterocycles. The van der Waals surface area contributed by atoms with Crippen LogP contribution in [0.15, 0.2) is 6.33 Å². The molecule has 0 aliphatic heterocycles. The number of nitrogens with zero attached hydrogens (tertiary/aromatic N) is 3. The van der Waals surface area contributed by atoms with Gasteiger partial charge in [0.05, 0.1) is 12.6 Å². The lowest BCUT2D eigenvalue weighted by molar-refractivity contribution is 0.250. The molecule has 2 rings (SSSR count). The largest absolute Gasteiger partial charge is 0.310 e. The molecule has 0 aromatic carbocycles. The molecule has 0 bridgehead atoms. The van der Waals surface area contributed by atoms with Crippen molar-refractivity contribution in [1.82, 2.24) is 20.1 Å². The van der Waals surface area contributed by atoms with Gasteiger partial charge in [0.15, 0.2) is 0 Å². The van der Waals surface area contributed by atoms with Gasteiger partial charge in [-0.1, -0.05) is 27.2 Å². The van der Waals surface area contributed by atoms with Gasteiger partial charge in [-0.05, 0) is 44.1 Å². The minimum Gasteiger partial charge on any atom is -0.310 e. The summed E-state index contributed by atoms with van der Waals surface area (Å²) in [6.07, 6.45) is 8.25. The Morgan fingerprint density at radius 1 is 1.32 bits per heavy atom. The Bertz CT molecular complexity index is 364. The van der Waals surface area contributed by atoms with E-state index >= 15 is 0 Å². The molecule has 0 amide bonds. The predicted molar refractivity (Wildman–Crippen MR) is 77.9 cm³/mol. The van der Waals surface area contributed by atoms with Gasteiger partial charge in [0.1, 0.15) is 12.2 Å². The first kappa shape index (κ1) is 14.5. The summed E-state index contributed by atoms with van der Waals surface area (Å²) in [5, 5.41) is 7.92. The van der Waals surface area contributed by atoms with Crippen LogP contribution in [-0.4, -0.2) is 21.3 Å². The van der Waals surface area contributed by atoms with Crippen LogP contribution in [0.25, 0.3) is 0 Å². The molecule has 1 heterocycles. The second kappa shape index (κ2) is 7.04. The normalized spacial score (nSPS) is 24.0. The molecule has 0 unspecified atom stereocenters. The van der Waals surface area contributed by atoms with E-state index in [9.17, 15) is 0 Å². The first-order valence-electron chi connectivity index (χ1n) is 7.79. The van der Waals surface area contributed by atoms with Crippen molar-refractivity contribution in [2.45, 2.75) is 65.5 Å². The summed E-state index contributed by atoms with van der Waals surface area (Å²) in [5.74, 6) is 2.71. The second-order valence-electron chi connectivity index (χ2n) is 6.23. The van der Waals surface area contributed by atoms with E-state index in [4.69, 9.17) is 0 Å². The van der Waals surface area contributed by atoms with Crippen molar-refractivity contribution in [1.29, 1.82) is 0 Å². The van der Waals surface area contributed by atoms with Gasteiger partial charge in [0.2, 0.25) is 0 Å². The first-order chi connectivity index (χ1) is 9.20. The van der Waals surface area contributed by atoms with E-state index in [-0.39, 0.29) is 0 Å². The Morgan fingerprint density at radius 3 is 2.68 bits per heavy atom. The Hall–Kier alpha value is -0.900. The van der Waals surface area contributed by atoms with Crippen LogP contribution in [0.2, 0.25) is 0 Å². The molecule has 0 atom stereocenters. The molecule has 0 spiro atoms. The quantitative estimate of drug-likeness (QED) is 0.858. The van der Waals surface area contributed by atoms with Crippen LogP contribution in [0.1, 0.15) is 64.7 Å². The fraction of sp³-hybridized carbons (Fsp3) is 0.867. The number of nitrogens with one attached hydrogen (secondary N) is 1. The molecule has 1 aliphatic rings. The van der Waals surface area contributed by atoms with Crippen molar-refractivity contribution in [3.63, 3.8) is 0 Å². The van der Waals surface area contributed by atoms with Crippen LogP contribution in [0.3, 0.4) is 0 Å². The highest BCUT2D eigenvalue weighted by Gasteiger charge is 2.23. The van der Waals surface area contributed by atoms with Crippen molar-refractivity contribution in [3.8, 4) is 0 Å². The Labute approximate surface area is 117 Å². The number of hydrogen-bond donors (Lipinski definition) is 1. The lowest BCUT2D eigenvalue weighted by Crippen LogP contribution is -2.25. The van der Waals surface area contributed by atoms with E-state index in [0.717, 1.165) is 24.8 Å². The Morgan fingerprint density at radius 2 is 2.05 bits per heavy atom. The van der Waals surface area contributed by atoms with Crippen molar-refractivity contribution in [2.24, 2.45) is 11.8 Å². The van der Waals surface area contributed by atoms with Gasteiger partial charge in [-0.15, -0.1) is 0 Å². The van der Waals surface area contributed by atoms with Gasteiger partial charge >= 0.3 is 0 Å². The zero-order valence-electron chi connectivity index (χ0n) is 12.6. The number of hydrogen-bond acceptors (Lipinski definition) is 3. The molecule has 1 saturated carbocycles. The minimum absolute atomic E-state index is 0.571. The van der Waals surface area contributed by atoms with E-state index in [1.54, 1.807) is 6.33 Å². The van der Waals surface area contributed by atoms with E-state index in [2.05, 4.69) is 40.9 Å². The van der Waals surface area contributed by atoms with Gasteiger partial charge in [-0.2, -0.15) is 5.10 Å². The zero-order chi connectivity index (χ0) is 13.7. The topological polar surface area (TPSA) is 42.7 Å². The van der Waals surface area contributed by atoms with Gasteiger partial charge in [-0.3, -0.25) is 0 Å². The van der Waals surface area contributed by atoms with Crippen LogP contribution < -0.4 is 5.32 Å². The van der Waals surface area contributed by atoms with Crippen molar-refractivity contribution in [2.75, 3.05) is 6.54 Å². The fourth-order valence-corrected chi connectivity index (χ4v) is 2.98. The van der Waals surface area contributed by atoms with Crippen LogP contribution in [-0.2, 0) is 6.54 Å². The lowest BCUT2D eigenvalue weighted by Gasteiger charge is -2.28. The zero-order valence-corrected chi connectivity index (χ0v) is 12.6. The first-order valence-corrected chi connectivity index (χ1v) is 7.79. The summed E-state index contributed by atoms with van der Waals surface area (Å²) >= 11 is 0. The molecule has 1 aromatic rings. The highest BCUT2D eigenvalue weighted by molar-refractivity contribution is 4.89. The third kappa shape index (κ3) is 4.03. The van der Waals surface area contributed by atoms with E-state index < -0.39 is 0 Å². The molecule has 4 heteroatoms. The van der Waals surface area contributed by atoms with Crippen LogP contribution in [0, 0.1) is 11.8 Å². The predicted octanol–water partition coefficient (Wildman–Crippen LogP) is 3.17. The van der Waals surface area contributed by atoms with Crippen molar-refractivity contribution >= 4 is 0 Å². The van der Waals surface area contributed by atoms with Gasteiger partial charge in [0.25, 0.3) is 0 Å². The molecular weight excluding hydrogens is 236 g/mol. The third-order valence-electron chi connectivity index (χ3n) is 4.22. The second-order valence-corrected chi connectivity index (χ2v) is 6.23. The van der Waals surface area contributed by atoms with Crippen molar-refractivity contribution < 1.29 is 0 Å². The molecule has 1 N–H and O–H groups in total. The lowest BCUT2D eigenvalue weighted by atomic mass is 9.84. The minimum atomic E-state index is 0.571. The van der Waals surface area contributed by atoms with Gasteiger partial charge in [0, 0.05) is 0 Å². The van der Waals surface area contributed by atoms with E-state index in [0.29, 0.717) is 12.0 Å². The average Bonchev–Trinajstić information content (AvgIpc) is 2.87. The monoisotopic (exact) mass is 264 g/mol. The maximum atomic E-state index is 4.45. The summed E-state index contributed by atoms with van der Waals surface area (Å²) in [6, 6.07) is 0.571. The SMILES string of the molecule is CCC1CCC(n2ncnc2CNCC(C)C)CC1. The maximum Gasteiger partial charge on any atom is 0.141 e. The summed E-state index contributed by atoms with van der Waals surface area (Å²) in [4.78, 5) is 4.42. The van der Waals surface area contributed by atoms with Gasteiger partial charge in [-0.25, -0.2) is 9.67 Å². The average molecular weight is 264 g/mol. The van der Waals surface area contributed by atoms with Gasteiger partial charge < -0.3 is 5.32 Å². The molecule has 1 aliphatic carbocycles. The van der Waals surface area contributed by atoms with E-state index in [1.807, 2.05) is 0 Å². The van der Waals surface area contributed by atoms with Crippen LogP contribution in [0.4, 0.5) is 0 Å². The number of rotatable bonds is 6. The summed E-state index contributed by atoms with van der Waals surface area (Å²) < 4.78 is 2.17. The van der Waals surface area contributed by atoms with E-state index in [1.165, 1.54) is 32.1 Å². The number of aromatic nitrogens is 3. The molecule has 1 fully saturated rings. The van der Waals surface area contributed by atoms with Crippen LogP contribution in [0.5, 0.6) is 0 Å². The fourth-order valence-electron chi connectivity index (χ4n) is 2.98. The molecule has 4 nitrogen and oxygen atoms in total. The molecule has 0 radical (unpaired) electrons. The van der Waals surface area contributed by atoms with Crippen molar-refractivity contribution in [3.05, 3.63) is 12.2 Å². The third-order valence-corrected chi connectivity index (χ3v) is 4.22. The smallest absolute Gasteiger partial charge is 0.141 e. The Kier molecular flexibility index (Phi) is 5.37. The standard InChI is InChI=1S/C15H28N4/c1-4-13-5-7-14(8-6-13)19-15(17-11-18-19)10-16-9-12(2)3/h11-14,16H,4-10H2,1-3H3. The molecule has 19 heavy (non-hydrogen) atoms. The summed E-state index contributed by atoms with van der Waals surface area (Å²) in [7, 11) is 0. The summed E-state index contributed by atoms with van der Waals surface area (Å²) in [5.41, 5.74) is 0. The molecule has 108 valence electrons. The Balaban J connectivity index is 1.88. The molecule has 0 saturated heterocycles. The highest BCUT2D eigenvalue weighted by Crippen LogP contribution is 2.33. The van der Waals surface area contributed by atoms with Crippen LogP contribution >= 0.6 is 0 Å². The highest BCUT2D eigenvalue weighted by atomic mass is 15.4. The molecular formula is C15H28N4. The summed E-state index contributed by atoms with van der Waals surface area (Å²) in [6.45, 7) is 8.64.